The molecule has 6 heteroatoms. The number of hydrogen-bond acceptors (Lipinski definition) is 5. The number of benzene rings is 1. The van der Waals surface area contributed by atoms with Gasteiger partial charge in [-0.3, -0.25) is 15.0 Å². The summed E-state index contributed by atoms with van der Waals surface area (Å²) in [5, 5.41) is 8.59. The molecule has 3 aromatic rings. The van der Waals surface area contributed by atoms with E-state index >= 15 is 0 Å². The van der Waals surface area contributed by atoms with Crippen LogP contribution in [0, 0.1) is 0 Å². The van der Waals surface area contributed by atoms with Crippen LogP contribution < -0.4 is 5.48 Å². The van der Waals surface area contributed by atoms with E-state index in [2.05, 4.69) is 9.97 Å². The number of oxazole rings is 1. The van der Waals surface area contributed by atoms with E-state index in [0.29, 0.717) is 28.2 Å². The van der Waals surface area contributed by atoms with Gasteiger partial charge in [-0.1, -0.05) is 6.07 Å². The zero-order valence-electron chi connectivity index (χ0n) is 9.70. The Morgan fingerprint density at radius 3 is 2.89 bits per heavy atom. The predicted molar refractivity (Wildman–Crippen MR) is 66.5 cm³/mol. The molecule has 0 aliphatic rings. The lowest BCUT2D eigenvalue weighted by atomic mass is 10.2. The van der Waals surface area contributed by atoms with E-state index in [-0.39, 0.29) is 0 Å². The molecule has 19 heavy (non-hydrogen) atoms. The topological polar surface area (TPSA) is 88.2 Å². The van der Waals surface area contributed by atoms with E-state index in [1.807, 2.05) is 6.07 Å². The van der Waals surface area contributed by atoms with Crippen LogP contribution in [0.15, 0.2) is 47.0 Å². The molecule has 0 bridgehead atoms. The van der Waals surface area contributed by atoms with Gasteiger partial charge in [0.25, 0.3) is 5.91 Å². The van der Waals surface area contributed by atoms with Gasteiger partial charge in [-0.2, -0.15) is 0 Å². The number of carbonyl (C=O) groups excluding carboxylic acids is 1. The Morgan fingerprint density at radius 1 is 1.26 bits per heavy atom. The first kappa shape index (κ1) is 11.4. The van der Waals surface area contributed by atoms with Crippen LogP contribution in [0.5, 0.6) is 0 Å². The molecule has 6 nitrogen and oxygen atoms in total. The number of amides is 1. The van der Waals surface area contributed by atoms with Gasteiger partial charge in [-0.25, -0.2) is 10.5 Å². The maximum Gasteiger partial charge on any atom is 0.274 e. The van der Waals surface area contributed by atoms with Crippen molar-refractivity contribution in [2.75, 3.05) is 0 Å². The molecule has 0 saturated carbocycles. The molecule has 0 aliphatic heterocycles. The zero-order valence-corrected chi connectivity index (χ0v) is 9.70. The molecule has 0 radical (unpaired) electrons. The van der Waals surface area contributed by atoms with Crippen molar-refractivity contribution in [1.29, 1.82) is 0 Å². The zero-order chi connectivity index (χ0) is 13.2. The minimum Gasteiger partial charge on any atom is -0.435 e. The number of rotatable bonds is 2. The molecular weight excluding hydrogens is 246 g/mol. The highest BCUT2D eigenvalue weighted by Crippen LogP contribution is 2.23. The van der Waals surface area contributed by atoms with E-state index in [1.54, 1.807) is 35.9 Å². The summed E-state index contributed by atoms with van der Waals surface area (Å²) in [7, 11) is 0. The Bertz CT molecular complexity index is 737. The van der Waals surface area contributed by atoms with Crippen molar-refractivity contribution in [1.82, 2.24) is 15.4 Å². The molecule has 2 heterocycles. The van der Waals surface area contributed by atoms with Gasteiger partial charge in [0.1, 0.15) is 11.2 Å². The number of nitrogens with zero attached hydrogens (tertiary/aromatic N) is 2. The smallest absolute Gasteiger partial charge is 0.274 e. The average molecular weight is 255 g/mol. The molecule has 0 atom stereocenters. The fraction of sp³-hybridized carbons (Fsp3) is 0. The Balaban J connectivity index is 2.09. The van der Waals surface area contributed by atoms with Crippen LogP contribution >= 0.6 is 0 Å². The van der Waals surface area contributed by atoms with Crippen molar-refractivity contribution in [3.8, 4) is 11.6 Å². The van der Waals surface area contributed by atoms with Crippen LogP contribution in [0.1, 0.15) is 10.4 Å². The molecular formula is C13H9N3O3. The number of fused-ring (bicyclic) bond motifs is 1. The Labute approximate surface area is 107 Å². The SMILES string of the molecule is O=C(NO)c1ccc2oc(-c3ccccn3)nc2c1. The van der Waals surface area contributed by atoms with Crippen molar-refractivity contribution in [2.45, 2.75) is 0 Å². The van der Waals surface area contributed by atoms with Gasteiger partial charge < -0.3 is 4.42 Å². The minimum atomic E-state index is -0.593. The van der Waals surface area contributed by atoms with Crippen LogP contribution in [-0.4, -0.2) is 21.1 Å². The monoisotopic (exact) mass is 255 g/mol. The quantitative estimate of drug-likeness (QED) is 0.540. The van der Waals surface area contributed by atoms with Crippen LogP contribution in [0.25, 0.3) is 22.7 Å². The third-order valence-electron chi connectivity index (χ3n) is 2.64. The fourth-order valence-electron chi connectivity index (χ4n) is 1.73. The van der Waals surface area contributed by atoms with Gasteiger partial charge in [-0.15, -0.1) is 0 Å². The fourth-order valence-corrected chi connectivity index (χ4v) is 1.73. The molecule has 1 amide bonds. The number of pyridine rings is 1. The van der Waals surface area contributed by atoms with Crippen molar-refractivity contribution < 1.29 is 14.4 Å². The number of nitrogens with one attached hydrogen (secondary N) is 1. The molecule has 94 valence electrons. The van der Waals surface area contributed by atoms with Crippen LogP contribution in [0.4, 0.5) is 0 Å². The van der Waals surface area contributed by atoms with Gasteiger partial charge >= 0.3 is 0 Å². The lowest BCUT2D eigenvalue weighted by Gasteiger charge is -1.96. The van der Waals surface area contributed by atoms with E-state index in [0.717, 1.165) is 0 Å². The van der Waals surface area contributed by atoms with Crippen molar-refractivity contribution in [3.05, 3.63) is 48.2 Å². The minimum absolute atomic E-state index is 0.302. The summed E-state index contributed by atoms with van der Waals surface area (Å²) in [6.45, 7) is 0. The molecule has 0 unspecified atom stereocenters. The molecule has 2 aromatic heterocycles. The molecule has 0 saturated heterocycles. The second-order valence-electron chi connectivity index (χ2n) is 3.86. The molecule has 0 spiro atoms. The average Bonchev–Trinajstić information content (AvgIpc) is 2.90. The van der Waals surface area contributed by atoms with Gasteiger partial charge in [0, 0.05) is 11.8 Å². The predicted octanol–water partition coefficient (Wildman–Crippen LogP) is 2.01. The summed E-state index contributed by atoms with van der Waals surface area (Å²) >= 11 is 0. The van der Waals surface area contributed by atoms with E-state index in [1.165, 1.54) is 6.07 Å². The second kappa shape index (κ2) is 4.51. The largest absolute Gasteiger partial charge is 0.435 e. The van der Waals surface area contributed by atoms with Crippen molar-refractivity contribution >= 4 is 17.0 Å². The molecule has 3 rings (SSSR count). The van der Waals surface area contributed by atoms with Crippen LogP contribution in [-0.2, 0) is 0 Å². The first-order valence-corrected chi connectivity index (χ1v) is 5.54. The number of hydrogen-bond donors (Lipinski definition) is 2. The Hall–Kier alpha value is -2.73. The standard InChI is InChI=1S/C13H9N3O3/c17-12(16-18)8-4-5-11-10(7-8)15-13(19-11)9-3-1-2-6-14-9/h1-7,18H,(H,16,17). The highest BCUT2D eigenvalue weighted by Gasteiger charge is 2.11. The third-order valence-corrected chi connectivity index (χ3v) is 2.64. The Morgan fingerprint density at radius 2 is 2.16 bits per heavy atom. The summed E-state index contributed by atoms with van der Waals surface area (Å²) in [4.78, 5) is 19.7. The molecule has 0 fully saturated rings. The van der Waals surface area contributed by atoms with E-state index < -0.39 is 5.91 Å². The second-order valence-corrected chi connectivity index (χ2v) is 3.86. The maximum atomic E-state index is 11.3. The summed E-state index contributed by atoms with van der Waals surface area (Å²) < 4.78 is 5.55. The van der Waals surface area contributed by atoms with E-state index in [4.69, 9.17) is 9.62 Å². The van der Waals surface area contributed by atoms with Crippen LogP contribution in [0.3, 0.4) is 0 Å². The highest BCUT2D eigenvalue weighted by molar-refractivity contribution is 5.96. The number of carbonyl (C=O) groups is 1. The molecule has 2 N–H and O–H groups in total. The highest BCUT2D eigenvalue weighted by atomic mass is 16.5. The molecule has 1 aromatic carbocycles. The van der Waals surface area contributed by atoms with E-state index in [9.17, 15) is 4.79 Å². The van der Waals surface area contributed by atoms with Gasteiger partial charge in [0.05, 0.1) is 0 Å². The first-order valence-electron chi connectivity index (χ1n) is 5.54. The van der Waals surface area contributed by atoms with Crippen molar-refractivity contribution in [3.63, 3.8) is 0 Å². The van der Waals surface area contributed by atoms with Crippen molar-refractivity contribution in [2.24, 2.45) is 0 Å². The summed E-state index contributed by atoms with van der Waals surface area (Å²) in [6.07, 6.45) is 1.65. The third kappa shape index (κ3) is 2.04. The number of aromatic nitrogens is 2. The summed E-state index contributed by atoms with van der Waals surface area (Å²) in [5.74, 6) is -0.207. The van der Waals surface area contributed by atoms with Gasteiger partial charge in [0.2, 0.25) is 5.89 Å². The van der Waals surface area contributed by atoms with Gasteiger partial charge in [-0.05, 0) is 30.3 Å². The molecule has 0 aliphatic carbocycles. The summed E-state index contributed by atoms with van der Waals surface area (Å²) in [5.41, 5.74) is 3.57. The first-order chi connectivity index (χ1) is 9.28. The van der Waals surface area contributed by atoms with Crippen LogP contribution in [0.2, 0.25) is 0 Å². The lowest BCUT2D eigenvalue weighted by molar-refractivity contribution is 0.0706. The van der Waals surface area contributed by atoms with Gasteiger partial charge in [0.15, 0.2) is 5.58 Å². The Kier molecular flexibility index (Phi) is 2.70. The number of hydroxylamine groups is 1. The summed E-state index contributed by atoms with van der Waals surface area (Å²) in [6, 6.07) is 10.1. The lowest BCUT2D eigenvalue weighted by Crippen LogP contribution is -2.18. The maximum absolute atomic E-state index is 11.3. The normalized spacial score (nSPS) is 10.6.